The molecule has 1 fully saturated rings. The van der Waals surface area contributed by atoms with Crippen LogP contribution in [0.4, 0.5) is 15.8 Å². The number of halogens is 1. The highest BCUT2D eigenvalue weighted by atomic mass is 19.1. The number of anilines is 2. The highest BCUT2D eigenvalue weighted by Gasteiger charge is 2.28. The second-order valence-corrected chi connectivity index (χ2v) is 6.89. The molecule has 0 unspecified atom stereocenters. The van der Waals surface area contributed by atoms with Gasteiger partial charge < -0.3 is 15.1 Å². The Morgan fingerprint density at radius 1 is 1.04 bits per heavy atom. The molecule has 0 bridgehead atoms. The third-order valence-electron chi connectivity index (χ3n) is 5.17. The Balaban J connectivity index is 1.82. The van der Waals surface area contributed by atoms with Crippen LogP contribution in [0.25, 0.3) is 0 Å². The summed E-state index contributed by atoms with van der Waals surface area (Å²) in [5, 5.41) is 3.27. The molecule has 0 aromatic heterocycles. The summed E-state index contributed by atoms with van der Waals surface area (Å²) in [7, 11) is 0. The van der Waals surface area contributed by atoms with Gasteiger partial charge in [0.25, 0.3) is 0 Å². The fourth-order valence-corrected chi connectivity index (χ4v) is 3.58. The van der Waals surface area contributed by atoms with Gasteiger partial charge in [-0.05, 0) is 75.2 Å². The van der Waals surface area contributed by atoms with Crippen LogP contribution in [-0.2, 0) is 11.3 Å². The minimum Gasteiger partial charge on any atom is -0.372 e. The van der Waals surface area contributed by atoms with Gasteiger partial charge in [0.15, 0.2) is 0 Å². The highest BCUT2D eigenvalue weighted by molar-refractivity contribution is 5.97. The summed E-state index contributed by atoms with van der Waals surface area (Å²) in [5.41, 5.74) is 2.96. The average molecular weight is 369 g/mol. The van der Waals surface area contributed by atoms with Crippen LogP contribution in [0.5, 0.6) is 0 Å². The smallest absolute Gasteiger partial charge is 0.244 e. The molecule has 27 heavy (non-hydrogen) atoms. The topological polar surface area (TPSA) is 35.6 Å². The van der Waals surface area contributed by atoms with Crippen molar-refractivity contribution >= 4 is 17.3 Å². The summed E-state index contributed by atoms with van der Waals surface area (Å²) < 4.78 is 13.3. The second kappa shape index (κ2) is 9.00. The number of amides is 1. The van der Waals surface area contributed by atoms with Gasteiger partial charge in [-0.1, -0.05) is 12.1 Å². The molecule has 1 atom stereocenters. The number of carbonyl (C=O) groups excluding carboxylic acids is 1. The lowest BCUT2D eigenvalue weighted by atomic mass is 10.1. The zero-order chi connectivity index (χ0) is 19.2. The predicted octanol–water partition coefficient (Wildman–Crippen LogP) is 3.96. The van der Waals surface area contributed by atoms with E-state index in [1.165, 1.54) is 17.8 Å². The van der Waals surface area contributed by atoms with Crippen LogP contribution in [0.15, 0.2) is 48.5 Å². The van der Waals surface area contributed by atoms with E-state index in [1.807, 2.05) is 0 Å². The maximum Gasteiger partial charge on any atom is 0.244 e. The molecule has 1 aliphatic heterocycles. The predicted molar refractivity (Wildman–Crippen MR) is 109 cm³/mol. The lowest BCUT2D eigenvalue weighted by molar-refractivity contribution is -0.120. The third kappa shape index (κ3) is 4.66. The number of rotatable bonds is 7. The van der Waals surface area contributed by atoms with Gasteiger partial charge >= 0.3 is 0 Å². The van der Waals surface area contributed by atoms with Crippen LogP contribution in [0, 0.1) is 5.82 Å². The number of benzene rings is 2. The van der Waals surface area contributed by atoms with Crippen LogP contribution in [0.2, 0.25) is 0 Å². The maximum absolute atomic E-state index is 13.3. The molecule has 0 aliphatic carbocycles. The van der Waals surface area contributed by atoms with E-state index < -0.39 is 0 Å². The molecule has 2 aromatic rings. The van der Waals surface area contributed by atoms with E-state index >= 15 is 0 Å². The summed E-state index contributed by atoms with van der Waals surface area (Å²) >= 11 is 0. The van der Waals surface area contributed by atoms with E-state index in [9.17, 15) is 9.18 Å². The molecule has 5 heteroatoms. The first-order valence-electron chi connectivity index (χ1n) is 9.76. The van der Waals surface area contributed by atoms with Gasteiger partial charge in [0.2, 0.25) is 5.91 Å². The van der Waals surface area contributed by atoms with Crippen molar-refractivity contribution in [2.75, 3.05) is 29.4 Å². The Labute approximate surface area is 161 Å². The van der Waals surface area contributed by atoms with Crippen LogP contribution in [0.1, 0.15) is 32.3 Å². The van der Waals surface area contributed by atoms with Gasteiger partial charge in [0, 0.05) is 24.5 Å². The first-order valence-corrected chi connectivity index (χ1v) is 9.76. The van der Waals surface area contributed by atoms with Gasteiger partial charge in [-0.2, -0.15) is 0 Å². The molecule has 144 valence electrons. The van der Waals surface area contributed by atoms with Gasteiger partial charge in [-0.15, -0.1) is 0 Å². The first kappa shape index (κ1) is 19.4. The number of carbonyl (C=O) groups is 1. The molecule has 4 nitrogen and oxygen atoms in total. The molecule has 3 rings (SSSR count). The van der Waals surface area contributed by atoms with Crippen molar-refractivity contribution in [2.45, 2.75) is 39.3 Å². The van der Waals surface area contributed by atoms with Crippen molar-refractivity contribution in [2.24, 2.45) is 0 Å². The van der Waals surface area contributed by atoms with Crippen molar-refractivity contribution in [1.29, 1.82) is 0 Å². The Hall–Kier alpha value is -2.40. The van der Waals surface area contributed by atoms with E-state index in [1.54, 1.807) is 17.0 Å². The lowest BCUT2D eigenvalue weighted by Gasteiger charge is -2.27. The van der Waals surface area contributed by atoms with Gasteiger partial charge in [0.05, 0.1) is 12.6 Å². The van der Waals surface area contributed by atoms with E-state index in [0.29, 0.717) is 6.54 Å². The molecule has 1 saturated heterocycles. The third-order valence-corrected chi connectivity index (χ3v) is 5.17. The van der Waals surface area contributed by atoms with Crippen molar-refractivity contribution in [3.63, 3.8) is 0 Å². The van der Waals surface area contributed by atoms with E-state index in [4.69, 9.17) is 0 Å². The SMILES string of the molecule is CCN(CC)c1ccc(CN(C(=O)[C@@H]2CCCN2)c2ccc(F)cc2)cc1. The molecular formula is C22H28FN3O. The molecule has 0 radical (unpaired) electrons. The number of hydrogen-bond acceptors (Lipinski definition) is 3. The summed E-state index contributed by atoms with van der Waals surface area (Å²) in [6, 6.07) is 14.3. The molecule has 1 N–H and O–H groups in total. The average Bonchev–Trinajstić information content (AvgIpc) is 3.23. The fourth-order valence-electron chi connectivity index (χ4n) is 3.58. The highest BCUT2D eigenvalue weighted by Crippen LogP contribution is 2.23. The molecule has 0 saturated carbocycles. The summed E-state index contributed by atoms with van der Waals surface area (Å²) in [6.45, 7) is 7.54. The molecular weight excluding hydrogens is 341 g/mol. The van der Waals surface area contributed by atoms with Gasteiger partial charge in [-0.25, -0.2) is 4.39 Å². The Morgan fingerprint density at radius 2 is 1.67 bits per heavy atom. The number of nitrogens with zero attached hydrogens (tertiary/aromatic N) is 2. The Kier molecular flexibility index (Phi) is 6.45. The molecule has 2 aromatic carbocycles. The van der Waals surface area contributed by atoms with Crippen molar-refractivity contribution in [1.82, 2.24) is 5.32 Å². The van der Waals surface area contributed by atoms with Crippen LogP contribution < -0.4 is 15.1 Å². The molecule has 0 spiro atoms. The quantitative estimate of drug-likeness (QED) is 0.802. The van der Waals surface area contributed by atoms with E-state index in [-0.39, 0.29) is 17.8 Å². The molecule has 1 amide bonds. The monoisotopic (exact) mass is 369 g/mol. The zero-order valence-corrected chi connectivity index (χ0v) is 16.1. The van der Waals surface area contributed by atoms with E-state index in [0.717, 1.165) is 43.7 Å². The second-order valence-electron chi connectivity index (χ2n) is 6.89. The summed E-state index contributed by atoms with van der Waals surface area (Å²) in [4.78, 5) is 17.1. The Morgan fingerprint density at radius 3 is 2.22 bits per heavy atom. The zero-order valence-electron chi connectivity index (χ0n) is 16.1. The minimum absolute atomic E-state index is 0.0481. The largest absolute Gasteiger partial charge is 0.372 e. The van der Waals surface area contributed by atoms with Crippen molar-refractivity contribution in [3.8, 4) is 0 Å². The minimum atomic E-state index is -0.297. The molecule has 1 heterocycles. The maximum atomic E-state index is 13.3. The van der Waals surface area contributed by atoms with Crippen molar-refractivity contribution in [3.05, 3.63) is 59.9 Å². The summed E-state index contributed by atoms with van der Waals surface area (Å²) in [6.07, 6.45) is 1.85. The van der Waals surface area contributed by atoms with Crippen LogP contribution in [0.3, 0.4) is 0 Å². The summed E-state index contributed by atoms with van der Waals surface area (Å²) in [5.74, 6) is -0.249. The van der Waals surface area contributed by atoms with Crippen molar-refractivity contribution < 1.29 is 9.18 Å². The van der Waals surface area contributed by atoms with Crippen LogP contribution in [-0.4, -0.2) is 31.6 Å². The normalized spacial score (nSPS) is 16.3. The Bertz CT molecular complexity index is 735. The van der Waals surface area contributed by atoms with Crippen LogP contribution >= 0.6 is 0 Å². The lowest BCUT2D eigenvalue weighted by Crippen LogP contribution is -2.43. The van der Waals surface area contributed by atoms with Gasteiger partial charge in [-0.3, -0.25) is 4.79 Å². The standard InChI is InChI=1S/C22H28FN3O/c1-3-25(4-2)19-11-7-17(8-12-19)16-26(20-13-9-18(23)10-14-20)22(27)21-6-5-15-24-21/h7-14,21,24H,3-6,15-16H2,1-2H3/t21-/m0/s1. The fraction of sp³-hybridized carbons (Fsp3) is 0.409. The van der Waals surface area contributed by atoms with Gasteiger partial charge in [0.1, 0.15) is 5.82 Å². The number of hydrogen-bond donors (Lipinski definition) is 1. The first-order chi connectivity index (χ1) is 13.1. The van der Waals surface area contributed by atoms with E-state index in [2.05, 4.69) is 48.3 Å². The molecule has 1 aliphatic rings. The number of nitrogens with one attached hydrogen (secondary N) is 1.